The maximum absolute atomic E-state index is 12.2. The summed E-state index contributed by atoms with van der Waals surface area (Å²) >= 11 is 0. The van der Waals surface area contributed by atoms with Crippen molar-refractivity contribution in [2.45, 2.75) is 39.2 Å². The molecule has 1 N–H and O–H groups in total. The van der Waals surface area contributed by atoms with Crippen molar-refractivity contribution in [3.8, 4) is 0 Å². The van der Waals surface area contributed by atoms with Gasteiger partial charge in [-0.05, 0) is 36.1 Å². The minimum absolute atomic E-state index is 0.0417. The zero-order valence-corrected chi connectivity index (χ0v) is 15.7. The van der Waals surface area contributed by atoms with Crippen molar-refractivity contribution in [2.24, 2.45) is 0 Å². The lowest BCUT2D eigenvalue weighted by molar-refractivity contribution is -0.383. The Hall–Kier alpha value is -3.22. The van der Waals surface area contributed by atoms with Crippen molar-refractivity contribution >= 4 is 23.3 Å². The van der Waals surface area contributed by atoms with E-state index >= 15 is 0 Å². The largest absolute Gasteiger partial charge is 0.449 e. The van der Waals surface area contributed by atoms with Gasteiger partial charge < -0.3 is 10.1 Å². The van der Waals surface area contributed by atoms with Gasteiger partial charge in [-0.25, -0.2) is 4.79 Å². The Morgan fingerprint density at radius 3 is 2.22 bits per heavy atom. The predicted molar refractivity (Wildman–Crippen MR) is 102 cm³/mol. The highest BCUT2D eigenvalue weighted by Crippen LogP contribution is 2.24. The van der Waals surface area contributed by atoms with Gasteiger partial charge in [0.2, 0.25) is 0 Å². The number of nitro groups is 1. The molecule has 1 atom stereocenters. The molecule has 27 heavy (non-hydrogen) atoms. The fourth-order valence-electron chi connectivity index (χ4n) is 2.36. The highest BCUT2D eigenvalue weighted by Gasteiger charge is 2.22. The Morgan fingerprint density at radius 2 is 1.67 bits per heavy atom. The summed E-state index contributed by atoms with van der Waals surface area (Å²) in [6.07, 6.45) is -1.11. The molecule has 2 aromatic carbocycles. The molecule has 1 amide bonds. The molecule has 0 saturated carbocycles. The quantitative estimate of drug-likeness (QED) is 0.486. The number of carbonyl (C=O) groups is 2. The normalized spacial score (nSPS) is 12.1. The average molecular weight is 370 g/mol. The molecule has 0 spiro atoms. The van der Waals surface area contributed by atoms with Gasteiger partial charge in [-0.1, -0.05) is 45.0 Å². The highest BCUT2D eigenvalue weighted by atomic mass is 16.6. The van der Waals surface area contributed by atoms with E-state index in [1.807, 2.05) is 12.1 Å². The monoisotopic (exact) mass is 370 g/mol. The number of ether oxygens (including phenoxy) is 1. The number of anilines is 1. The summed E-state index contributed by atoms with van der Waals surface area (Å²) in [5.41, 5.74) is 1.17. The molecule has 7 nitrogen and oxygen atoms in total. The first-order chi connectivity index (χ1) is 12.6. The van der Waals surface area contributed by atoms with Crippen molar-refractivity contribution in [1.29, 1.82) is 0 Å². The average Bonchev–Trinajstić information content (AvgIpc) is 2.61. The maximum atomic E-state index is 12.2. The lowest BCUT2D eigenvalue weighted by Crippen LogP contribution is -2.30. The van der Waals surface area contributed by atoms with Crippen LogP contribution >= 0.6 is 0 Å². The van der Waals surface area contributed by atoms with Gasteiger partial charge >= 0.3 is 5.97 Å². The van der Waals surface area contributed by atoms with E-state index in [1.54, 1.807) is 18.2 Å². The van der Waals surface area contributed by atoms with Crippen molar-refractivity contribution in [2.75, 3.05) is 5.32 Å². The summed E-state index contributed by atoms with van der Waals surface area (Å²) in [4.78, 5) is 34.9. The molecular weight excluding hydrogens is 348 g/mol. The summed E-state index contributed by atoms with van der Waals surface area (Å²) in [5.74, 6) is -1.29. The number of nitro benzene ring substituents is 1. The number of nitrogens with zero attached hydrogens (tertiary/aromatic N) is 1. The Balaban J connectivity index is 2.04. The van der Waals surface area contributed by atoms with Gasteiger partial charge in [0.1, 0.15) is 5.69 Å². The minimum Gasteiger partial charge on any atom is -0.449 e. The number of carbonyl (C=O) groups excluding carboxylic acids is 2. The lowest BCUT2D eigenvalue weighted by Gasteiger charge is -2.19. The molecule has 0 aromatic heterocycles. The summed E-state index contributed by atoms with van der Waals surface area (Å²) in [5, 5.41) is 13.4. The van der Waals surface area contributed by atoms with Crippen LogP contribution in [0.1, 0.15) is 43.6 Å². The lowest BCUT2D eigenvalue weighted by atomic mass is 9.87. The van der Waals surface area contributed by atoms with Crippen LogP contribution in [0.25, 0.3) is 0 Å². The van der Waals surface area contributed by atoms with Gasteiger partial charge in [-0.2, -0.15) is 0 Å². The van der Waals surface area contributed by atoms with E-state index in [1.165, 1.54) is 25.1 Å². The van der Waals surface area contributed by atoms with Crippen LogP contribution in [0.3, 0.4) is 0 Å². The van der Waals surface area contributed by atoms with Gasteiger partial charge in [0.05, 0.1) is 10.5 Å². The molecule has 0 bridgehead atoms. The van der Waals surface area contributed by atoms with Crippen LogP contribution in [-0.4, -0.2) is 22.9 Å². The smallest absolute Gasteiger partial charge is 0.338 e. The first-order valence-corrected chi connectivity index (χ1v) is 8.45. The second-order valence-corrected chi connectivity index (χ2v) is 7.14. The minimum atomic E-state index is -1.11. The van der Waals surface area contributed by atoms with E-state index in [9.17, 15) is 19.7 Å². The van der Waals surface area contributed by atoms with Crippen molar-refractivity contribution in [3.05, 3.63) is 69.8 Å². The molecule has 0 aliphatic heterocycles. The molecule has 0 aliphatic carbocycles. The Morgan fingerprint density at radius 1 is 1.07 bits per heavy atom. The number of esters is 1. The number of para-hydroxylation sites is 2. The van der Waals surface area contributed by atoms with Crippen LogP contribution in [0.2, 0.25) is 0 Å². The van der Waals surface area contributed by atoms with Crippen molar-refractivity contribution < 1.29 is 19.2 Å². The molecule has 2 aromatic rings. The van der Waals surface area contributed by atoms with Crippen LogP contribution in [0.5, 0.6) is 0 Å². The third-order valence-corrected chi connectivity index (χ3v) is 4.00. The van der Waals surface area contributed by atoms with Gasteiger partial charge in [0.25, 0.3) is 11.6 Å². The Kier molecular flexibility index (Phi) is 5.95. The van der Waals surface area contributed by atoms with E-state index in [0.29, 0.717) is 5.56 Å². The zero-order chi connectivity index (χ0) is 20.2. The molecule has 0 aliphatic rings. The maximum Gasteiger partial charge on any atom is 0.338 e. The molecule has 1 unspecified atom stereocenters. The van der Waals surface area contributed by atoms with Crippen molar-refractivity contribution in [1.82, 2.24) is 0 Å². The summed E-state index contributed by atoms with van der Waals surface area (Å²) in [6, 6.07) is 12.7. The number of hydrogen-bond acceptors (Lipinski definition) is 5. The van der Waals surface area contributed by atoms with E-state index in [0.717, 1.165) is 5.56 Å². The number of benzene rings is 2. The number of rotatable bonds is 5. The number of amides is 1. The molecule has 0 radical (unpaired) electrons. The van der Waals surface area contributed by atoms with Crippen LogP contribution < -0.4 is 5.32 Å². The van der Waals surface area contributed by atoms with Crippen LogP contribution in [0, 0.1) is 10.1 Å². The SMILES string of the molecule is CC(OC(=O)c1ccc(C(C)(C)C)cc1)C(=O)Nc1ccccc1[N+](=O)[O-]. The molecule has 0 fully saturated rings. The zero-order valence-electron chi connectivity index (χ0n) is 15.7. The van der Waals surface area contributed by atoms with Gasteiger partial charge in [0, 0.05) is 6.07 Å². The molecule has 0 heterocycles. The fourth-order valence-corrected chi connectivity index (χ4v) is 2.36. The van der Waals surface area contributed by atoms with Crippen LogP contribution in [0.4, 0.5) is 11.4 Å². The summed E-state index contributed by atoms with van der Waals surface area (Å²) in [7, 11) is 0. The van der Waals surface area contributed by atoms with Crippen LogP contribution in [-0.2, 0) is 14.9 Å². The van der Waals surface area contributed by atoms with E-state index in [4.69, 9.17) is 4.74 Å². The fraction of sp³-hybridized carbons (Fsp3) is 0.300. The van der Waals surface area contributed by atoms with Gasteiger partial charge in [-0.15, -0.1) is 0 Å². The summed E-state index contributed by atoms with van der Waals surface area (Å²) < 4.78 is 5.18. The van der Waals surface area contributed by atoms with E-state index in [-0.39, 0.29) is 16.8 Å². The third kappa shape index (κ3) is 5.13. The standard InChI is InChI=1S/C20H22N2O5/c1-13(18(23)21-16-7-5-6-8-17(16)22(25)26)27-19(24)14-9-11-15(12-10-14)20(2,3)4/h5-13H,1-4H3,(H,21,23). The molecule has 2 rings (SSSR count). The van der Waals surface area contributed by atoms with Gasteiger partial charge in [0.15, 0.2) is 6.10 Å². The van der Waals surface area contributed by atoms with E-state index in [2.05, 4.69) is 26.1 Å². The first-order valence-electron chi connectivity index (χ1n) is 8.45. The third-order valence-electron chi connectivity index (χ3n) is 4.00. The second-order valence-electron chi connectivity index (χ2n) is 7.14. The summed E-state index contributed by atoms with van der Waals surface area (Å²) in [6.45, 7) is 7.60. The Labute approximate surface area is 157 Å². The van der Waals surface area contributed by atoms with Gasteiger partial charge in [-0.3, -0.25) is 14.9 Å². The molecular formula is C20H22N2O5. The van der Waals surface area contributed by atoms with Crippen molar-refractivity contribution in [3.63, 3.8) is 0 Å². The van der Waals surface area contributed by atoms with E-state index < -0.39 is 22.9 Å². The highest BCUT2D eigenvalue weighted by molar-refractivity contribution is 5.98. The topological polar surface area (TPSA) is 98.5 Å². The molecule has 7 heteroatoms. The predicted octanol–water partition coefficient (Wildman–Crippen LogP) is 4.08. The number of nitrogens with one attached hydrogen (secondary N) is 1. The molecule has 142 valence electrons. The first kappa shape index (κ1) is 20.1. The number of hydrogen-bond donors (Lipinski definition) is 1. The second kappa shape index (κ2) is 7.99. The van der Waals surface area contributed by atoms with Crippen LogP contribution in [0.15, 0.2) is 48.5 Å². The molecule has 0 saturated heterocycles. The Bertz CT molecular complexity index is 853.